The summed E-state index contributed by atoms with van der Waals surface area (Å²) in [5, 5.41) is 76.6. The van der Waals surface area contributed by atoms with Gasteiger partial charge in [-0.25, -0.2) is 0 Å². The van der Waals surface area contributed by atoms with E-state index in [0.717, 1.165) is 48.2 Å². The van der Waals surface area contributed by atoms with Gasteiger partial charge in [0, 0.05) is 29.2 Å². The summed E-state index contributed by atoms with van der Waals surface area (Å²) >= 11 is 0. The minimum absolute atomic E-state index is 0.0407. The summed E-state index contributed by atoms with van der Waals surface area (Å²) in [5.74, 6) is -1.73. The maximum absolute atomic E-state index is 15.2. The van der Waals surface area contributed by atoms with Crippen molar-refractivity contribution in [1.82, 2.24) is 10.6 Å². The maximum Gasteiger partial charge on any atom is 0.229 e. The van der Waals surface area contributed by atoms with E-state index in [4.69, 9.17) is 9.47 Å². The van der Waals surface area contributed by atoms with Crippen LogP contribution in [0.3, 0.4) is 0 Å². The zero-order valence-corrected chi connectivity index (χ0v) is 33.0. The molecule has 9 rings (SSSR count). The minimum Gasteiger partial charge on any atom is -0.511 e. The molecule has 7 bridgehead atoms. The molecule has 8 N–H and O–H groups in total. The Kier molecular flexibility index (Phi) is 9.96. The predicted molar refractivity (Wildman–Crippen MR) is 214 cm³/mol. The molecule has 0 aromatic heterocycles. The SMILES string of the molecule is O=C1c2cccc3c2C(=O)C2(CSSCNC4=CC(=CCN4)C4(CCCC4)C4CCC5(CO)OC(O3)C(O)C4(O)C5O)C(O)=CC(Cc3cccc(CO)c3)=CC12. The van der Waals surface area contributed by atoms with E-state index in [9.17, 15) is 35.4 Å². The number of Topliss-reactive ketones (excluding diaryl/α,β-unsaturated/α-hetero) is 2. The van der Waals surface area contributed by atoms with Gasteiger partial charge in [-0.3, -0.25) is 9.59 Å². The van der Waals surface area contributed by atoms with Gasteiger partial charge in [0.25, 0.3) is 0 Å². The second-order valence-corrected chi connectivity index (χ2v) is 19.0. The highest BCUT2D eigenvalue weighted by molar-refractivity contribution is 8.76. The fraction of sp³-hybridized carbons (Fsp3) is 0.488. The molecule has 2 aromatic rings. The number of carbonyl (C=O) groups is 2. The largest absolute Gasteiger partial charge is 0.511 e. The molecular weight excluding hydrogens is 769 g/mol. The van der Waals surface area contributed by atoms with Crippen molar-refractivity contribution >= 4 is 33.2 Å². The van der Waals surface area contributed by atoms with Gasteiger partial charge in [-0.1, -0.05) is 83.0 Å². The summed E-state index contributed by atoms with van der Waals surface area (Å²) in [6.07, 6.45) is 6.47. The number of fused-ring (bicyclic) bond motifs is 5. The summed E-state index contributed by atoms with van der Waals surface area (Å²) in [7, 11) is 2.82. The molecule has 7 aliphatic rings. The first kappa shape index (κ1) is 38.9. The molecule has 2 saturated carbocycles. The van der Waals surface area contributed by atoms with Crippen LogP contribution in [0.25, 0.3) is 0 Å². The minimum atomic E-state index is -2.19. The number of hydrogen-bond acceptors (Lipinski definition) is 14. The molecule has 2 spiro atoms. The van der Waals surface area contributed by atoms with Gasteiger partial charge in [0.2, 0.25) is 6.29 Å². The van der Waals surface area contributed by atoms with Crippen molar-refractivity contribution in [3.05, 3.63) is 112 Å². The molecule has 4 aliphatic carbocycles. The molecule has 14 heteroatoms. The number of carbonyl (C=O) groups excluding carboxylic acids is 2. The summed E-state index contributed by atoms with van der Waals surface area (Å²) in [6, 6.07) is 12.0. The average molecular weight is 817 g/mol. The highest BCUT2D eigenvalue weighted by Gasteiger charge is 2.71. The van der Waals surface area contributed by atoms with E-state index < -0.39 is 70.5 Å². The molecule has 1 saturated heterocycles. The Morgan fingerprint density at radius 3 is 2.53 bits per heavy atom. The van der Waals surface area contributed by atoms with Crippen LogP contribution in [0.2, 0.25) is 0 Å². The first-order valence-corrected chi connectivity index (χ1v) is 22.2. The molecule has 0 amide bonds. The number of dihydropyridines is 1. The molecule has 8 atom stereocenters. The Morgan fingerprint density at radius 2 is 1.74 bits per heavy atom. The van der Waals surface area contributed by atoms with Crippen LogP contribution in [-0.4, -0.2) is 96.7 Å². The smallest absolute Gasteiger partial charge is 0.229 e. The predicted octanol–water partition coefficient (Wildman–Crippen LogP) is 3.99. The van der Waals surface area contributed by atoms with Gasteiger partial charge in [0.1, 0.15) is 40.3 Å². The molecule has 12 nitrogen and oxygen atoms in total. The number of aliphatic hydroxyl groups excluding tert-OH is 5. The van der Waals surface area contributed by atoms with Crippen LogP contribution >= 0.6 is 21.6 Å². The number of ketones is 2. The van der Waals surface area contributed by atoms with Crippen LogP contribution in [-0.2, 0) is 17.8 Å². The number of benzene rings is 2. The quantitative estimate of drug-likeness (QED) is 0.206. The molecule has 3 heterocycles. The summed E-state index contributed by atoms with van der Waals surface area (Å²) in [6.45, 7) is -0.267. The van der Waals surface area contributed by atoms with Crippen LogP contribution in [0.1, 0.15) is 70.4 Å². The molecule has 0 radical (unpaired) electrons. The lowest BCUT2D eigenvalue weighted by Gasteiger charge is -2.63. The molecule has 3 fully saturated rings. The average Bonchev–Trinajstić information content (AvgIpc) is 3.72. The number of aliphatic hydroxyl groups is 6. The molecule has 57 heavy (non-hydrogen) atoms. The van der Waals surface area contributed by atoms with Crippen LogP contribution in [0.5, 0.6) is 5.75 Å². The monoisotopic (exact) mass is 816 g/mol. The first-order chi connectivity index (χ1) is 27.5. The zero-order chi connectivity index (χ0) is 39.7. The number of allylic oxidation sites excluding steroid dienone is 6. The third kappa shape index (κ3) is 5.88. The maximum atomic E-state index is 15.2. The second kappa shape index (κ2) is 14.6. The second-order valence-electron chi connectivity index (χ2n) is 16.6. The van der Waals surface area contributed by atoms with E-state index in [1.165, 1.54) is 27.7 Å². The van der Waals surface area contributed by atoms with Crippen LogP contribution in [0.4, 0.5) is 0 Å². The Bertz CT molecular complexity index is 2110. The van der Waals surface area contributed by atoms with Gasteiger partial charge in [-0.05, 0) is 72.6 Å². The van der Waals surface area contributed by atoms with Crippen molar-refractivity contribution in [3.8, 4) is 5.75 Å². The fourth-order valence-electron chi connectivity index (χ4n) is 10.9. The summed E-state index contributed by atoms with van der Waals surface area (Å²) in [4.78, 5) is 29.9. The van der Waals surface area contributed by atoms with Crippen molar-refractivity contribution < 1.29 is 49.7 Å². The third-order valence-corrected chi connectivity index (χ3v) is 16.0. The Balaban J connectivity index is 1.16. The van der Waals surface area contributed by atoms with Crippen LogP contribution in [0.15, 0.2) is 89.5 Å². The summed E-state index contributed by atoms with van der Waals surface area (Å²) in [5.41, 5.74) is -2.92. The topological polar surface area (TPSA) is 198 Å². The van der Waals surface area contributed by atoms with E-state index >= 15 is 4.79 Å². The molecule has 2 aromatic carbocycles. The van der Waals surface area contributed by atoms with Gasteiger partial charge in [-0.15, -0.1) is 0 Å². The number of nitrogens with one attached hydrogen (secondary N) is 2. The van der Waals surface area contributed by atoms with E-state index in [1.54, 1.807) is 24.3 Å². The lowest BCUT2D eigenvalue weighted by Crippen LogP contribution is -2.79. The highest BCUT2D eigenvalue weighted by atomic mass is 33.1. The Morgan fingerprint density at radius 1 is 0.947 bits per heavy atom. The van der Waals surface area contributed by atoms with Crippen LogP contribution in [0, 0.1) is 22.7 Å². The number of ether oxygens (including phenoxy) is 2. The van der Waals surface area contributed by atoms with Gasteiger partial charge in [0.05, 0.1) is 36.4 Å². The molecule has 302 valence electrons. The van der Waals surface area contributed by atoms with E-state index in [2.05, 4.69) is 16.7 Å². The Hall–Kier alpha value is -3.60. The van der Waals surface area contributed by atoms with E-state index in [1.807, 2.05) is 30.3 Å². The van der Waals surface area contributed by atoms with Crippen molar-refractivity contribution in [2.75, 3.05) is 24.8 Å². The van der Waals surface area contributed by atoms with Gasteiger partial charge >= 0.3 is 0 Å². The standard InChI is InChI=1S/C43H48N2O10S2/c46-20-25-6-3-5-24(15-25)16-26-17-29-35(49)28-7-4-8-30-34(28)36(50)42(29,32(48)18-26)22-56-57-23-45-33-19-27(10-14-44-33)40(11-1-2-12-40)31-9-13-41(21-47)39(52)43(31,53)37(51)38(54-30)55-41/h3-8,10,15,17-19,29,31,37-39,44-48,51-53H,1-2,9,11-14,16,20-23H2. The number of hydrogen-bond donors (Lipinski definition) is 8. The van der Waals surface area contributed by atoms with Crippen molar-refractivity contribution in [1.29, 1.82) is 0 Å². The van der Waals surface area contributed by atoms with Gasteiger partial charge in [-0.2, -0.15) is 0 Å². The van der Waals surface area contributed by atoms with Crippen molar-refractivity contribution in [2.24, 2.45) is 22.7 Å². The molecular formula is C43H48N2O10S2. The molecule has 3 aliphatic heterocycles. The van der Waals surface area contributed by atoms with Crippen molar-refractivity contribution in [2.45, 2.75) is 81.3 Å². The lowest BCUT2D eigenvalue weighted by molar-refractivity contribution is -0.383. The first-order valence-electron chi connectivity index (χ1n) is 19.7. The lowest BCUT2D eigenvalue weighted by atomic mass is 9.52. The van der Waals surface area contributed by atoms with Crippen molar-refractivity contribution in [3.63, 3.8) is 0 Å². The zero-order valence-electron chi connectivity index (χ0n) is 31.4. The fourth-order valence-corrected chi connectivity index (χ4v) is 13.2. The third-order valence-electron chi connectivity index (χ3n) is 13.8. The van der Waals surface area contributed by atoms with E-state index in [-0.39, 0.29) is 41.4 Å². The van der Waals surface area contributed by atoms with Gasteiger partial charge < -0.3 is 50.7 Å². The molecule has 8 unspecified atom stereocenters. The highest BCUT2D eigenvalue weighted by Crippen LogP contribution is 2.62. The normalized spacial score (nSPS) is 35.6. The van der Waals surface area contributed by atoms with E-state index in [0.29, 0.717) is 30.8 Å². The van der Waals surface area contributed by atoms with Gasteiger partial charge in [0.15, 0.2) is 11.6 Å². The summed E-state index contributed by atoms with van der Waals surface area (Å²) < 4.78 is 12.7. The van der Waals surface area contributed by atoms with Crippen LogP contribution < -0.4 is 15.4 Å². The Labute approximate surface area is 338 Å². The number of rotatable bonds is 4.